The molecule has 1 saturated heterocycles. The first-order chi connectivity index (χ1) is 12.4. The molecule has 0 saturated carbocycles. The lowest BCUT2D eigenvalue weighted by molar-refractivity contribution is 0.0702. The summed E-state index contributed by atoms with van der Waals surface area (Å²) >= 11 is 0. The van der Waals surface area contributed by atoms with E-state index < -0.39 is 23.9 Å². The quantitative estimate of drug-likeness (QED) is 0.800. The molecule has 26 heavy (non-hydrogen) atoms. The molecule has 2 atom stereocenters. The predicted molar refractivity (Wildman–Crippen MR) is 86.6 cm³/mol. The summed E-state index contributed by atoms with van der Waals surface area (Å²) in [7, 11) is 3.18. The van der Waals surface area contributed by atoms with E-state index in [1.165, 1.54) is 32.9 Å². The van der Waals surface area contributed by atoms with Crippen LogP contribution in [0.3, 0.4) is 0 Å². The maximum atomic E-state index is 13.9. The number of alkyl halides is 1. The second-order valence-electron chi connectivity index (χ2n) is 6.30. The van der Waals surface area contributed by atoms with Gasteiger partial charge >= 0.3 is 0 Å². The Kier molecular flexibility index (Phi) is 4.92. The minimum absolute atomic E-state index is 0.0943. The van der Waals surface area contributed by atoms with Crippen LogP contribution in [0.4, 0.5) is 8.78 Å². The molecule has 1 aliphatic rings. The summed E-state index contributed by atoms with van der Waals surface area (Å²) in [5, 5.41) is 7.65. The van der Waals surface area contributed by atoms with Gasteiger partial charge < -0.3 is 9.80 Å². The van der Waals surface area contributed by atoms with E-state index in [2.05, 4.69) is 15.3 Å². The number of pyridine rings is 1. The summed E-state index contributed by atoms with van der Waals surface area (Å²) in [5.41, 5.74) is -0.188. The molecule has 0 radical (unpaired) electrons. The second kappa shape index (κ2) is 7.14. The number of halogens is 2. The zero-order valence-electron chi connectivity index (χ0n) is 14.3. The molecule has 0 spiro atoms. The lowest BCUT2D eigenvalue weighted by Gasteiger charge is -2.23. The van der Waals surface area contributed by atoms with Crippen molar-refractivity contribution in [2.24, 2.45) is 0 Å². The van der Waals surface area contributed by atoms with Crippen molar-refractivity contribution in [1.29, 1.82) is 0 Å². The third kappa shape index (κ3) is 3.53. The molecule has 0 bridgehead atoms. The van der Waals surface area contributed by atoms with Gasteiger partial charge in [0.1, 0.15) is 6.17 Å². The Morgan fingerprint density at radius 3 is 2.85 bits per heavy atom. The van der Waals surface area contributed by atoms with E-state index in [9.17, 15) is 18.4 Å². The van der Waals surface area contributed by atoms with Gasteiger partial charge in [-0.05, 0) is 12.1 Å². The first kappa shape index (κ1) is 17.9. The van der Waals surface area contributed by atoms with Crippen molar-refractivity contribution in [3.05, 3.63) is 41.7 Å². The summed E-state index contributed by atoms with van der Waals surface area (Å²) in [5.74, 6) is -1.73. The van der Waals surface area contributed by atoms with Crippen LogP contribution in [0.2, 0.25) is 0 Å². The molecule has 0 aliphatic carbocycles. The molecule has 0 aromatic carbocycles. The number of hydrogen-bond acceptors (Lipinski definition) is 5. The van der Waals surface area contributed by atoms with Crippen LogP contribution in [-0.2, 0) is 6.54 Å². The summed E-state index contributed by atoms with van der Waals surface area (Å²) in [6, 6.07) is 1.97. The van der Waals surface area contributed by atoms with Gasteiger partial charge in [0.2, 0.25) is 0 Å². The summed E-state index contributed by atoms with van der Waals surface area (Å²) < 4.78 is 29.2. The molecule has 1 aliphatic heterocycles. The highest BCUT2D eigenvalue weighted by atomic mass is 19.1. The topological polar surface area (TPSA) is 84.2 Å². The number of rotatable bonds is 4. The molecular formula is C16H18F2N6O2. The average Bonchev–Trinajstić information content (AvgIpc) is 3.21. The van der Waals surface area contributed by atoms with Gasteiger partial charge in [-0.2, -0.15) is 0 Å². The zero-order valence-corrected chi connectivity index (χ0v) is 14.3. The minimum Gasteiger partial charge on any atom is -0.343 e. The van der Waals surface area contributed by atoms with Gasteiger partial charge in [-0.15, -0.1) is 5.10 Å². The number of amides is 2. The largest absolute Gasteiger partial charge is 0.343 e. The Morgan fingerprint density at radius 1 is 1.38 bits per heavy atom. The van der Waals surface area contributed by atoms with E-state index in [1.54, 1.807) is 14.1 Å². The molecule has 0 unspecified atom stereocenters. The van der Waals surface area contributed by atoms with E-state index in [0.29, 0.717) is 0 Å². The Balaban J connectivity index is 1.77. The second-order valence-corrected chi connectivity index (χ2v) is 6.30. The van der Waals surface area contributed by atoms with Gasteiger partial charge in [0.05, 0.1) is 25.3 Å². The van der Waals surface area contributed by atoms with Gasteiger partial charge in [-0.3, -0.25) is 9.59 Å². The van der Waals surface area contributed by atoms with Gasteiger partial charge in [0.25, 0.3) is 11.8 Å². The third-order valence-electron chi connectivity index (χ3n) is 4.15. The number of carbonyl (C=O) groups is 2. The molecule has 2 aromatic heterocycles. The molecule has 2 aromatic rings. The molecule has 2 amide bonds. The van der Waals surface area contributed by atoms with Crippen molar-refractivity contribution in [3.63, 3.8) is 0 Å². The van der Waals surface area contributed by atoms with E-state index >= 15 is 0 Å². The van der Waals surface area contributed by atoms with Crippen molar-refractivity contribution >= 4 is 11.8 Å². The highest BCUT2D eigenvalue weighted by molar-refractivity contribution is 5.93. The van der Waals surface area contributed by atoms with Crippen LogP contribution in [0.1, 0.15) is 27.4 Å². The maximum Gasteiger partial charge on any atom is 0.275 e. The number of hydrogen-bond donors (Lipinski definition) is 0. The van der Waals surface area contributed by atoms with E-state index in [0.717, 1.165) is 6.07 Å². The van der Waals surface area contributed by atoms with E-state index in [-0.39, 0.29) is 36.8 Å². The number of nitrogens with zero attached hydrogens (tertiary/aromatic N) is 6. The predicted octanol–water partition coefficient (Wildman–Crippen LogP) is 0.767. The third-order valence-corrected chi connectivity index (χ3v) is 4.15. The fourth-order valence-electron chi connectivity index (χ4n) is 2.89. The van der Waals surface area contributed by atoms with Crippen molar-refractivity contribution in [2.45, 2.75) is 25.2 Å². The minimum atomic E-state index is -1.22. The summed E-state index contributed by atoms with van der Waals surface area (Å²) in [6.45, 7) is 0.00597. The molecule has 138 valence electrons. The Bertz CT molecular complexity index is 825. The Morgan fingerprint density at radius 2 is 2.15 bits per heavy atom. The zero-order chi connectivity index (χ0) is 18.8. The van der Waals surface area contributed by atoms with Crippen LogP contribution < -0.4 is 0 Å². The van der Waals surface area contributed by atoms with Crippen molar-refractivity contribution < 1.29 is 18.4 Å². The molecule has 1 fully saturated rings. The highest BCUT2D eigenvalue weighted by Gasteiger charge is 2.37. The lowest BCUT2D eigenvalue weighted by Crippen LogP contribution is -2.39. The molecule has 8 nitrogen and oxygen atoms in total. The molecule has 10 heteroatoms. The van der Waals surface area contributed by atoms with Gasteiger partial charge in [0, 0.05) is 26.7 Å². The van der Waals surface area contributed by atoms with Crippen LogP contribution in [0.25, 0.3) is 0 Å². The fourth-order valence-corrected chi connectivity index (χ4v) is 2.89. The Hall–Kier alpha value is -2.91. The van der Waals surface area contributed by atoms with Gasteiger partial charge in [-0.1, -0.05) is 5.21 Å². The lowest BCUT2D eigenvalue weighted by atomic mass is 10.2. The smallest absolute Gasteiger partial charge is 0.275 e. The van der Waals surface area contributed by atoms with Crippen LogP contribution >= 0.6 is 0 Å². The van der Waals surface area contributed by atoms with E-state index in [4.69, 9.17) is 0 Å². The van der Waals surface area contributed by atoms with Crippen molar-refractivity contribution in [2.75, 3.05) is 20.6 Å². The number of likely N-dealkylation sites (tertiary alicyclic amines) is 1. The van der Waals surface area contributed by atoms with Crippen LogP contribution in [0.5, 0.6) is 0 Å². The monoisotopic (exact) mass is 364 g/mol. The van der Waals surface area contributed by atoms with Gasteiger partial charge in [-0.25, -0.2) is 18.4 Å². The van der Waals surface area contributed by atoms with Crippen molar-refractivity contribution in [3.8, 4) is 0 Å². The normalized spacial score (nSPS) is 19.6. The number of aromatic nitrogens is 4. The molecule has 3 rings (SSSR count). The first-order valence-electron chi connectivity index (χ1n) is 8.04. The summed E-state index contributed by atoms with van der Waals surface area (Å²) in [6.07, 6.45) is 1.63. The van der Waals surface area contributed by atoms with Crippen molar-refractivity contribution in [1.82, 2.24) is 29.8 Å². The fraction of sp³-hybridized carbons (Fsp3) is 0.438. The van der Waals surface area contributed by atoms with Crippen LogP contribution in [0, 0.1) is 5.82 Å². The van der Waals surface area contributed by atoms with E-state index in [1.807, 2.05) is 0 Å². The molecule has 0 N–H and O–H groups in total. The van der Waals surface area contributed by atoms with Crippen LogP contribution in [-0.4, -0.2) is 74.4 Å². The maximum absolute atomic E-state index is 13.9. The van der Waals surface area contributed by atoms with Crippen LogP contribution in [0.15, 0.2) is 24.5 Å². The van der Waals surface area contributed by atoms with Gasteiger partial charge in [0.15, 0.2) is 17.2 Å². The number of carbonyl (C=O) groups excluding carboxylic acids is 2. The highest BCUT2D eigenvalue weighted by Crippen LogP contribution is 2.24. The standard InChI is InChI=1S/C16H18F2N6O2/c1-22(2)15(25)13-9-23(21-20-13)8-11-6-10(17)7-24(11)16(26)14-12(18)4-3-5-19-14/h3-5,9-11H,6-8H2,1-2H3/t10-,11-/m0/s1. The molecule has 3 heterocycles. The Labute approximate surface area is 148 Å². The first-order valence-corrected chi connectivity index (χ1v) is 8.04. The summed E-state index contributed by atoms with van der Waals surface area (Å²) in [4.78, 5) is 30.8. The SMILES string of the molecule is CN(C)C(=O)c1cn(C[C@@H]2C[C@H](F)CN2C(=O)c2ncccc2F)nn1. The average molecular weight is 364 g/mol. The molecular weight excluding hydrogens is 346 g/mol.